The number of carbonyl (C=O) groups excluding carboxylic acids is 1. The normalized spacial score (nSPS) is 11.0. The highest BCUT2D eigenvalue weighted by Crippen LogP contribution is 2.20. The Morgan fingerprint density at radius 1 is 1.12 bits per heavy atom. The quantitative estimate of drug-likeness (QED) is 0.538. The van der Waals surface area contributed by atoms with Crippen LogP contribution in [0.3, 0.4) is 0 Å². The van der Waals surface area contributed by atoms with Crippen LogP contribution >= 0.6 is 15.9 Å². The minimum Gasteiger partial charge on any atom is -0.345 e. The van der Waals surface area contributed by atoms with E-state index in [1.807, 2.05) is 55.5 Å². The number of carbonyl (C=O) groups is 1. The Balaban J connectivity index is 1.58. The predicted octanol–water partition coefficient (Wildman–Crippen LogP) is 3.40. The molecule has 0 spiro atoms. The Hall–Kier alpha value is -3.00. The Labute approximate surface area is 157 Å². The molecule has 2 heterocycles. The van der Waals surface area contributed by atoms with Crippen LogP contribution in [-0.4, -0.2) is 32.0 Å². The Morgan fingerprint density at radius 3 is 2.69 bits per heavy atom. The van der Waals surface area contributed by atoms with Crippen molar-refractivity contribution in [1.29, 1.82) is 0 Å². The molecular weight excluding hydrogens is 396 g/mol. The zero-order valence-electron chi connectivity index (χ0n) is 13.9. The number of benzene rings is 2. The fraction of sp³-hybridized carbons (Fsp3) is 0.111. The highest BCUT2D eigenvalue weighted by atomic mass is 79.9. The number of anilines is 2. The molecule has 0 bridgehead atoms. The molecule has 0 radical (unpaired) electrons. The van der Waals surface area contributed by atoms with Crippen molar-refractivity contribution in [3.63, 3.8) is 0 Å². The molecule has 26 heavy (non-hydrogen) atoms. The molecule has 0 atom stereocenters. The van der Waals surface area contributed by atoms with Crippen LogP contribution in [0.15, 0.2) is 53.0 Å². The number of amides is 1. The molecule has 0 aliphatic heterocycles. The molecule has 4 aromatic rings. The lowest BCUT2D eigenvalue weighted by Crippen LogP contribution is -2.23. The first-order valence-corrected chi connectivity index (χ1v) is 8.81. The number of rotatable bonds is 4. The SMILES string of the molecule is Cc1nc2c3ccccc3nc(NCC(=O)Nc3ccc(Br)cc3)n2n1. The molecular formula is C18H15BrN6O. The molecule has 8 heteroatoms. The average molecular weight is 411 g/mol. The van der Waals surface area contributed by atoms with Gasteiger partial charge < -0.3 is 10.6 Å². The first-order valence-electron chi connectivity index (χ1n) is 8.01. The number of para-hydroxylation sites is 1. The summed E-state index contributed by atoms with van der Waals surface area (Å²) in [6, 6.07) is 15.1. The van der Waals surface area contributed by atoms with E-state index in [0.717, 1.165) is 21.1 Å². The van der Waals surface area contributed by atoms with Gasteiger partial charge >= 0.3 is 0 Å². The number of hydrogen-bond donors (Lipinski definition) is 2. The van der Waals surface area contributed by atoms with Gasteiger partial charge in [-0.25, -0.2) is 9.97 Å². The van der Waals surface area contributed by atoms with Gasteiger partial charge in [0.25, 0.3) is 0 Å². The van der Waals surface area contributed by atoms with E-state index in [0.29, 0.717) is 17.4 Å². The van der Waals surface area contributed by atoms with Gasteiger partial charge in [-0.1, -0.05) is 28.1 Å². The molecule has 0 unspecified atom stereocenters. The fourth-order valence-corrected chi connectivity index (χ4v) is 2.94. The topological polar surface area (TPSA) is 84.2 Å². The third-order valence-electron chi connectivity index (χ3n) is 3.82. The van der Waals surface area contributed by atoms with Crippen molar-refractivity contribution >= 4 is 50.0 Å². The van der Waals surface area contributed by atoms with Gasteiger partial charge in [-0.2, -0.15) is 4.52 Å². The van der Waals surface area contributed by atoms with Crippen LogP contribution in [0.1, 0.15) is 5.82 Å². The number of nitrogens with zero attached hydrogens (tertiary/aromatic N) is 4. The lowest BCUT2D eigenvalue weighted by Gasteiger charge is -2.09. The van der Waals surface area contributed by atoms with E-state index in [9.17, 15) is 4.79 Å². The van der Waals surface area contributed by atoms with Crippen molar-refractivity contribution in [2.75, 3.05) is 17.2 Å². The summed E-state index contributed by atoms with van der Waals surface area (Å²) in [7, 11) is 0. The van der Waals surface area contributed by atoms with Crippen molar-refractivity contribution in [1.82, 2.24) is 19.6 Å². The van der Waals surface area contributed by atoms with E-state index >= 15 is 0 Å². The van der Waals surface area contributed by atoms with E-state index in [-0.39, 0.29) is 12.5 Å². The van der Waals surface area contributed by atoms with Crippen molar-refractivity contribution in [3.8, 4) is 0 Å². The zero-order valence-corrected chi connectivity index (χ0v) is 15.5. The van der Waals surface area contributed by atoms with Gasteiger partial charge in [0.05, 0.1) is 12.1 Å². The maximum atomic E-state index is 12.2. The number of hydrogen-bond acceptors (Lipinski definition) is 5. The van der Waals surface area contributed by atoms with Crippen molar-refractivity contribution in [2.45, 2.75) is 6.92 Å². The van der Waals surface area contributed by atoms with Gasteiger partial charge in [0.15, 0.2) is 5.65 Å². The minimum absolute atomic E-state index is 0.0649. The second-order valence-electron chi connectivity index (χ2n) is 5.76. The van der Waals surface area contributed by atoms with E-state index in [1.165, 1.54) is 0 Å². The van der Waals surface area contributed by atoms with E-state index in [4.69, 9.17) is 0 Å². The molecule has 1 amide bonds. The number of nitrogens with one attached hydrogen (secondary N) is 2. The van der Waals surface area contributed by atoms with Crippen LogP contribution in [-0.2, 0) is 4.79 Å². The number of aryl methyl sites for hydroxylation is 1. The largest absolute Gasteiger partial charge is 0.345 e. The summed E-state index contributed by atoms with van der Waals surface area (Å²) in [5.41, 5.74) is 2.24. The lowest BCUT2D eigenvalue weighted by molar-refractivity contribution is -0.114. The monoisotopic (exact) mass is 410 g/mol. The molecule has 0 saturated carbocycles. The highest BCUT2D eigenvalue weighted by molar-refractivity contribution is 9.10. The van der Waals surface area contributed by atoms with Crippen LogP contribution in [0.25, 0.3) is 16.6 Å². The zero-order chi connectivity index (χ0) is 18.1. The number of fused-ring (bicyclic) bond motifs is 3. The van der Waals surface area contributed by atoms with Gasteiger partial charge in [-0.05, 0) is 43.3 Å². The van der Waals surface area contributed by atoms with Crippen LogP contribution in [0.4, 0.5) is 11.6 Å². The van der Waals surface area contributed by atoms with Gasteiger partial charge in [0, 0.05) is 15.5 Å². The van der Waals surface area contributed by atoms with E-state index < -0.39 is 0 Å². The summed E-state index contributed by atoms with van der Waals surface area (Å²) >= 11 is 3.37. The van der Waals surface area contributed by atoms with Crippen LogP contribution < -0.4 is 10.6 Å². The van der Waals surface area contributed by atoms with Crippen LogP contribution in [0.2, 0.25) is 0 Å². The molecule has 130 valence electrons. The third-order valence-corrected chi connectivity index (χ3v) is 4.35. The Kier molecular flexibility index (Phi) is 4.26. The van der Waals surface area contributed by atoms with Gasteiger partial charge in [-0.15, -0.1) is 5.10 Å². The molecule has 0 saturated heterocycles. The number of aromatic nitrogens is 4. The standard InChI is InChI=1S/C18H15BrN6O/c1-11-21-17-14-4-2-3-5-15(14)23-18(25(17)24-11)20-10-16(26)22-13-8-6-12(19)7-9-13/h2-9H,10H2,1H3,(H,20,23)(H,22,26). The first kappa shape index (κ1) is 16.5. The molecule has 7 nitrogen and oxygen atoms in total. The first-order chi connectivity index (χ1) is 12.6. The maximum absolute atomic E-state index is 12.2. The van der Waals surface area contributed by atoms with Crippen molar-refractivity contribution in [3.05, 3.63) is 58.8 Å². The predicted molar refractivity (Wildman–Crippen MR) is 104 cm³/mol. The summed E-state index contributed by atoms with van der Waals surface area (Å²) < 4.78 is 2.59. The molecule has 2 N–H and O–H groups in total. The van der Waals surface area contributed by atoms with Gasteiger partial charge in [-0.3, -0.25) is 4.79 Å². The van der Waals surface area contributed by atoms with Crippen LogP contribution in [0.5, 0.6) is 0 Å². The Bertz CT molecular complexity index is 1110. The Morgan fingerprint density at radius 2 is 1.88 bits per heavy atom. The lowest BCUT2D eigenvalue weighted by atomic mass is 10.2. The van der Waals surface area contributed by atoms with E-state index in [1.54, 1.807) is 4.52 Å². The summed E-state index contributed by atoms with van der Waals surface area (Å²) in [6.07, 6.45) is 0. The summed E-state index contributed by atoms with van der Waals surface area (Å²) in [5, 5.41) is 11.2. The minimum atomic E-state index is -0.174. The second-order valence-corrected chi connectivity index (χ2v) is 6.67. The van der Waals surface area contributed by atoms with E-state index in [2.05, 4.69) is 41.6 Å². The summed E-state index contributed by atoms with van der Waals surface area (Å²) in [6.45, 7) is 1.89. The second kappa shape index (κ2) is 6.72. The van der Waals surface area contributed by atoms with Crippen LogP contribution in [0, 0.1) is 6.92 Å². The fourth-order valence-electron chi connectivity index (χ4n) is 2.67. The summed E-state index contributed by atoms with van der Waals surface area (Å²) in [4.78, 5) is 21.3. The average Bonchev–Trinajstić information content (AvgIpc) is 3.03. The molecule has 2 aromatic heterocycles. The molecule has 0 aliphatic carbocycles. The van der Waals surface area contributed by atoms with Gasteiger partial charge in [0.1, 0.15) is 5.82 Å². The maximum Gasteiger partial charge on any atom is 0.243 e. The molecule has 4 rings (SSSR count). The molecule has 0 aliphatic rings. The molecule has 0 fully saturated rings. The van der Waals surface area contributed by atoms with Crippen molar-refractivity contribution < 1.29 is 4.79 Å². The third kappa shape index (κ3) is 3.23. The van der Waals surface area contributed by atoms with Crippen molar-refractivity contribution in [2.24, 2.45) is 0 Å². The van der Waals surface area contributed by atoms with Gasteiger partial charge in [0.2, 0.25) is 11.9 Å². The smallest absolute Gasteiger partial charge is 0.243 e. The highest BCUT2D eigenvalue weighted by Gasteiger charge is 2.12. The number of halogens is 1. The molecule has 2 aromatic carbocycles. The summed E-state index contributed by atoms with van der Waals surface area (Å²) in [5.74, 6) is 0.947.